The first-order chi connectivity index (χ1) is 15.1. The van der Waals surface area contributed by atoms with E-state index in [1.54, 1.807) is 18.2 Å². The Morgan fingerprint density at radius 3 is 2.44 bits per heavy atom. The Labute approximate surface area is 186 Å². The second kappa shape index (κ2) is 10.6. The average Bonchev–Trinajstić information content (AvgIpc) is 2.75. The van der Waals surface area contributed by atoms with Crippen molar-refractivity contribution in [1.82, 2.24) is 5.32 Å². The first kappa shape index (κ1) is 24.7. The Morgan fingerprint density at radius 2 is 1.88 bits per heavy atom. The molecule has 0 aliphatic heterocycles. The lowest BCUT2D eigenvalue weighted by Gasteiger charge is -2.14. The number of sulfone groups is 1. The number of nitro benzene ring substituents is 1. The van der Waals surface area contributed by atoms with E-state index in [1.807, 2.05) is 13.0 Å². The van der Waals surface area contributed by atoms with Gasteiger partial charge in [0.2, 0.25) is 0 Å². The molecule has 0 saturated carbocycles. The number of hydrogen-bond acceptors (Lipinski definition) is 8. The maximum atomic E-state index is 12.6. The minimum atomic E-state index is -3.57. The van der Waals surface area contributed by atoms with E-state index in [-0.39, 0.29) is 35.3 Å². The highest BCUT2D eigenvalue weighted by Crippen LogP contribution is 2.33. The lowest BCUT2D eigenvalue weighted by Crippen LogP contribution is -2.29. The quantitative estimate of drug-likeness (QED) is 0.312. The summed E-state index contributed by atoms with van der Waals surface area (Å²) in [7, 11) is -0.586. The van der Waals surface area contributed by atoms with Crippen LogP contribution in [0.2, 0.25) is 0 Å². The lowest BCUT2D eigenvalue weighted by molar-refractivity contribution is -0.384. The molecule has 172 valence electrons. The van der Waals surface area contributed by atoms with Crippen LogP contribution in [-0.4, -0.2) is 52.8 Å². The summed E-state index contributed by atoms with van der Waals surface area (Å²) in [5, 5.41) is 16.9. The number of ether oxygens (including phenoxy) is 2. The Bertz CT molecular complexity index is 1140. The number of hydrogen-bond donors (Lipinski definition) is 2. The number of nitrogens with one attached hydrogen (secondary N) is 2. The van der Waals surface area contributed by atoms with Gasteiger partial charge in [-0.25, -0.2) is 8.42 Å². The van der Waals surface area contributed by atoms with Crippen LogP contribution in [0.1, 0.15) is 22.8 Å². The predicted molar refractivity (Wildman–Crippen MR) is 121 cm³/mol. The molecule has 0 atom stereocenters. The monoisotopic (exact) mass is 463 g/mol. The zero-order chi connectivity index (χ0) is 23.9. The topological polar surface area (TPSA) is 137 Å². The standard InChI is InChI=1S/C21H25N3O7S/c1-5-6-14-11-15(12-19(30-2)20(14)31-3)21(25)23-10-9-22-17-8-7-16(32(4,28)29)13-18(17)24(26)27/h5-8,11-13,22H,9-10H2,1-4H3,(H,23,25)/b6-5+. The molecular formula is C21H25N3O7S. The van der Waals surface area contributed by atoms with Gasteiger partial charge in [-0.3, -0.25) is 14.9 Å². The lowest BCUT2D eigenvalue weighted by atomic mass is 10.1. The van der Waals surface area contributed by atoms with Gasteiger partial charge in [0.25, 0.3) is 11.6 Å². The van der Waals surface area contributed by atoms with Crippen LogP contribution in [0.5, 0.6) is 11.5 Å². The van der Waals surface area contributed by atoms with E-state index in [1.165, 1.54) is 26.4 Å². The van der Waals surface area contributed by atoms with Gasteiger partial charge in [-0.1, -0.05) is 12.2 Å². The summed E-state index contributed by atoms with van der Waals surface area (Å²) in [5.41, 5.74) is 0.826. The number of amides is 1. The fraction of sp³-hybridized carbons (Fsp3) is 0.286. The van der Waals surface area contributed by atoms with Crippen LogP contribution in [-0.2, 0) is 9.84 Å². The number of rotatable bonds is 10. The van der Waals surface area contributed by atoms with Crippen molar-refractivity contribution in [2.45, 2.75) is 11.8 Å². The molecule has 0 saturated heterocycles. The van der Waals surface area contributed by atoms with Crippen LogP contribution in [0.3, 0.4) is 0 Å². The van der Waals surface area contributed by atoms with Crippen LogP contribution < -0.4 is 20.1 Å². The number of allylic oxidation sites excluding steroid dienone is 1. The van der Waals surface area contributed by atoms with Crippen molar-refractivity contribution in [3.8, 4) is 11.5 Å². The van der Waals surface area contributed by atoms with Crippen LogP contribution in [0.25, 0.3) is 6.08 Å². The second-order valence-electron chi connectivity index (χ2n) is 6.69. The molecule has 10 nitrogen and oxygen atoms in total. The number of benzene rings is 2. The molecular weight excluding hydrogens is 438 g/mol. The summed E-state index contributed by atoms with van der Waals surface area (Å²) < 4.78 is 33.9. The zero-order valence-corrected chi connectivity index (χ0v) is 19.0. The largest absolute Gasteiger partial charge is 0.493 e. The maximum Gasteiger partial charge on any atom is 0.293 e. The molecule has 0 fully saturated rings. The predicted octanol–water partition coefficient (Wildman–Crippen LogP) is 2.89. The van der Waals surface area contributed by atoms with Crippen LogP contribution in [0.15, 0.2) is 41.3 Å². The highest BCUT2D eigenvalue weighted by atomic mass is 32.2. The molecule has 0 spiro atoms. The maximum absolute atomic E-state index is 12.6. The number of methoxy groups -OCH3 is 2. The molecule has 0 radical (unpaired) electrons. The zero-order valence-electron chi connectivity index (χ0n) is 18.2. The number of nitrogens with zero attached hydrogens (tertiary/aromatic N) is 1. The summed E-state index contributed by atoms with van der Waals surface area (Å²) >= 11 is 0. The van der Waals surface area contributed by atoms with E-state index < -0.39 is 14.8 Å². The summed E-state index contributed by atoms with van der Waals surface area (Å²) in [6.45, 7) is 2.18. The first-order valence-electron chi connectivity index (χ1n) is 9.51. The fourth-order valence-electron chi connectivity index (χ4n) is 2.95. The van der Waals surface area contributed by atoms with Gasteiger partial charge in [0.15, 0.2) is 21.3 Å². The smallest absolute Gasteiger partial charge is 0.293 e. The van der Waals surface area contributed by atoms with Gasteiger partial charge in [0.05, 0.1) is 24.0 Å². The summed E-state index contributed by atoms with van der Waals surface area (Å²) in [4.78, 5) is 23.1. The molecule has 2 aromatic carbocycles. The number of anilines is 1. The van der Waals surface area contributed by atoms with Crippen LogP contribution in [0, 0.1) is 10.1 Å². The van der Waals surface area contributed by atoms with E-state index in [4.69, 9.17) is 9.47 Å². The van der Waals surface area contributed by atoms with Gasteiger partial charge in [-0.15, -0.1) is 0 Å². The van der Waals surface area contributed by atoms with Gasteiger partial charge in [-0.05, 0) is 31.2 Å². The van der Waals surface area contributed by atoms with Crippen molar-refractivity contribution in [2.24, 2.45) is 0 Å². The first-order valence-corrected chi connectivity index (χ1v) is 11.4. The van der Waals surface area contributed by atoms with E-state index in [2.05, 4.69) is 10.6 Å². The molecule has 11 heteroatoms. The molecule has 0 bridgehead atoms. The third-order valence-corrected chi connectivity index (χ3v) is 5.55. The molecule has 1 amide bonds. The Morgan fingerprint density at radius 1 is 1.16 bits per heavy atom. The second-order valence-corrected chi connectivity index (χ2v) is 8.71. The van der Waals surface area contributed by atoms with Crippen molar-refractivity contribution in [2.75, 3.05) is 38.9 Å². The summed E-state index contributed by atoms with van der Waals surface area (Å²) in [5.74, 6) is 0.557. The number of carbonyl (C=O) groups excluding carboxylic acids is 1. The van der Waals surface area contributed by atoms with Gasteiger partial charge >= 0.3 is 0 Å². The summed E-state index contributed by atoms with van der Waals surface area (Å²) in [6, 6.07) is 6.84. The minimum Gasteiger partial charge on any atom is -0.493 e. The number of carbonyl (C=O) groups is 1. The molecule has 2 rings (SSSR count). The van der Waals surface area contributed by atoms with Crippen molar-refractivity contribution in [1.29, 1.82) is 0 Å². The Kier molecular flexibility index (Phi) is 8.19. The molecule has 0 aliphatic carbocycles. The third kappa shape index (κ3) is 5.97. The van der Waals surface area contributed by atoms with Crippen molar-refractivity contribution >= 4 is 33.2 Å². The third-order valence-electron chi connectivity index (χ3n) is 4.44. The summed E-state index contributed by atoms with van der Waals surface area (Å²) in [6.07, 6.45) is 4.58. The molecule has 32 heavy (non-hydrogen) atoms. The molecule has 2 N–H and O–H groups in total. The van der Waals surface area contributed by atoms with Gasteiger partial charge in [0, 0.05) is 36.5 Å². The van der Waals surface area contributed by atoms with Crippen molar-refractivity contribution < 1.29 is 27.6 Å². The van der Waals surface area contributed by atoms with E-state index in [0.717, 1.165) is 12.3 Å². The van der Waals surface area contributed by atoms with Gasteiger partial charge < -0.3 is 20.1 Å². The molecule has 0 aromatic heterocycles. The highest BCUT2D eigenvalue weighted by molar-refractivity contribution is 7.90. The van der Waals surface area contributed by atoms with Crippen LogP contribution in [0.4, 0.5) is 11.4 Å². The normalized spacial score (nSPS) is 11.2. The fourth-order valence-corrected chi connectivity index (χ4v) is 3.59. The SMILES string of the molecule is C/C=C/c1cc(C(=O)NCCNc2ccc(S(C)(=O)=O)cc2[N+](=O)[O-])cc(OC)c1OC. The van der Waals surface area contributed by atoms with E-state index in [0.29, 0.717) is 22.6 Å². The molecule has 0 unspecified atom stereocenters. The van der Waals surface area contributed by atoms with E-state index in [9.17, 15) is 23.3 Å². The average molecular weight is 464 g/mol. The minimum absolute atomic E-state index is 0.145. The van der Waals surface area contributed by atoms with Gasteiger partial charge in [0.1, 0.15) is 5.69 Å². The molecule has 2 aromatic rings. The Balaban J connectivity index is 2.10. The van der Waals surface area contributed by atoms with Crippen LogP contribution >= 0.6 is 0 Å². The van der Waals surface area contributed by atoms with Crippen molar-refractivity contribution in [3.05, 3.63) is 57.6 Å². The Hall–Kier alpha value is -3.60. The van der Waals surface area contributed by atoms with Crippen molar-refractivity contribution in [3.63, 3.8) is 0 Å². The van der Waals surface area contributed by atoms with Gasteiger partial charge in [-0.2, -0.15) is 0 Å². The molecule has 0 heterocycles. The molecule has 0 aliphatic rings. The highest BCUT2D eigenvalue weighted by Gasteiger charge is 2.19. The number of nitro groups is 1. The van der Waals surface area contributed by atoms with E-state index >= 15 is 0 Å².